The summed E-state index contributed by atoms with van der Waals surface area (Å²) in [7, 11) is 0. The molecule has 1 aliphatic rings. The lowest BCUT2D eigenvalue weighted by atomic mass is 10.2. The van der Waals surface area contributed by atoms with Crippen molar-refractivity contribution in [1.29, 1.82) is 0 Å². The van der Waals surface area contributed by atoms with Gasteiger partial charge < -0.3 is 15.2 Å². The van der Waals surface area contributed by atoms with E-state index < -0.39 is 16.8 Å². The lowest BCUT2D eigenvalue weighted by Gasteiger charge is -2.03. The Balaban J connectivity index is 1.81. The van der Waals surface area contributed by atoms with Crippen LogP contribution in [0, 0.1) is 10.1 Å². The van der Waals surface area contributed by atoms with Crippen LogP contribution in [0.15, 0.2) is 53.2 Å². The SMILES string of the molecule is NC(=O)COc1ccc(/C=C2\N=C(c3ccc([N+](=O)[O-])cc3Cl)OC2=O)cc1. The van der Waals surface area contributed by atoms with Gasteiger partial charge in [-0.3, -0.25) is 14.9 Å². The highest BCUT2D eigenvalue weighted by atomic mass is 35.5. The first kappa shape index (κ1) is 19.1. The minimum atomic E-state index is -0.682. The molecule has 0 aliphatic carbocycles. The summed E-state index contributed by atoms with van der Waals surface area (Å²) in [4.78, 5) is 37.1. The molecular formula is C18H12ClN3O6. The number of esters is 1. The second-order valence-electron chi connectivity index (χ2n) is 5.58. The van der Waals surface area contributed by atoms with E-state index in [1.807, 2.05) is 0 Å². The van der Waals surface area contributed by atoms with Gasteiger partial charge in [-0.1, -0.05) is 23.7 Å². The lowest BCUT2D eigenvalue weighted by Crippen LogP contribution is -2.19. The number of nitrogens with two attached hydrogens (primary N) is 1. The molecule has 10 heteroatoms. The summed E-state index contributed by atoms with van der Waals surface area (Å²) in [5.41, 5.74) is 5.76. The van der Waals surface area contributed by atoms with Crippen molar-refractivity contribution in [2.75, 3.05) is 6.61 Å². The van der Waals surface area contributed by atoms with Gasteiger partial charge in [0.1, 0.15) is 5.75 Å². The van der Waals surface area contributed by atoms with Crippen molar-refractivity contribution < 1.29 is 24.0 Å². The van der Waals surface area contributed by atoms with Crippen molar-refractivity contribution >= 4 is 41.1 Å². The maximum absolute atomic E-state index is 12.1. The van der Waals surface area contributed by atoms with Crippen LogP contribution < -0.4 is 10.5 Å². The fourth-order valence-electron chi connectivity index (χ4n) is 2.29. The van der Waals surface area contributed by atoms with E-state index in [1.54, 1.807) is 24.3 Å². The Kier molecular flexibility index (Phi) is 5.37. The molecule has 0 fully saturated rings. The molecule has 1 amide bonds. The molecule has 3 rings (SSSR count). The van der Waals surface area contributed by atoms with Crippen LogP contribution >= 0.6 is 11.6 Å². The predicted molar refractivity (Wildman–Crippen MR) is 99.8 cm³/mol. The van der Waals surface area contributed by atoms with Gasteiger partial charge in [0.05, 0.1) is 15.5 Å². The Morgan fingerprint density at radius 3 is 2.61 bits per heavy atom. The van der Waals surface area contributed by atoms with Crippen LogP contribution in [0.4, 0.5) is 5.69 Å². The molecule has 9 nitrogen and oxygen atoms in total. The van der Waals surface area contributed by atoms with E-state index in [2.05, 4.69) is 4.99 Å². The fourth-order valence-corrected chi connectivity index (χ4v) is 2.54. The average Bonchev–Trinajstić information content (AvgIpc) is 3.01. The molecule has 0 saturated carbocycles. The van der Waals surface area contributed by atoms with Gasteiger partial charge in [-0.15, -0.1) is 0 Å². The third-order valence-electron chi connectivity index (χ3n) is 3.58. The number of hydrogen-bond donors (Lipinski definition) is 1. The zero-order valence-corrected chi connectivity index (χ0v) is 14.9. The van der Waals surface area contributed by atoms with Crippen molar-refractivity contribution in [3.63, 3.8) is 0 Å². The third-order valence-corrected chi connectivity index (χ3v) is 3.89. The number of carbonyl (C=O) groups is 2. The number of carbonyl (C=O) groups excluding carboxylic acids is 2. The van der Waals surface area contributed by atoms with Crippen LogP contribution in [-0.4, -0.2) is 29.3 Å². The molecule has 0 aromatic heterocycles. The molecular weight excluding hydrogens is 390 g/mol. The molecule has 28 heavy (non-hydrogen) atoms. The van der Waals surface area contributed by atoms with Gasteiger partial charge in [-0.2, -0.15) is 0 Å². The van der Waals surface area contributed by atoms with E-state index in [-0.39, 0.29) is 34.5 Å². The van der Waals surface area contributed by atoms with E-state index in [4.69, 9.17) is 26.8 Å². The average molecular weight is 402 g/mol. The van der Waals surface area contributed by atoms with Crippen molar-refractivity contribution in [3.8, 4) is 5.75 Å². The first-order chi connectivity index (χ1) is 13.3. The van der Waals surface area contributed by atoms with Gasteiger partial charge in [-0.25, -0.2) is 9.79 Å². The second kappa shape index (κ2) is 7.89. The number of amides is 1. The summed E-state index contributed by atoms with van der Waals surface area (Å²) in [6, 6.07) is 10.3. The van der Waals surface area contributed by atoms with Crippen molar-refractivity contribution in [3.05, 3.63) is 74.4 Å². The lowest BCUT2D eigenvalue weighted by molar-refractivity contribution is -0.384. The number of primary amides is 1. The molecule has 0 spiro atoms. The van der Waals surface area contributed by atoms with Crippen LogP contribution in [0.3, 0.4) is 0 Å². The maximum Gasteiger partial charge on any atom is 0.363 e. The molecule has 2 N–H and O–H groups in total. The molecule has 0 radical (unpaired) electrons. The van der Waals surface area contributed by atoms with E-state index in [0.29, 0.717) is 11.3 Å². The molecule has 0 atom stereocenters. The molecule has 0 unspecified atom stereocenters. The molecule has 0 bridgehead atoms. The predicted octanol–water partition coefficient (Wildman–Crippen LogP) is 2.46. The largest absolute Gasteiger partial charge is 0.484 e. The summed E-state index contributed by atoms with van der Waals surface area (Å²) in [5, 5.41) is 10.8. The Morgan fingerprint density at radius 2 is 2.00 bits per heavy atom. The zero-order chi connectivity index (χ0) is 20.3. The summed E-state index contributed by atoms with van der Waals surface area (Å²) < 4.78 is 10.3. The summed E-state index contributed by atoms with van der Waals surface area (Å²) in [6.45, 7) is -0.240. The van der Waals surface area contributed by atoms with Crippen molar-refractivity contribution in [2.24, 2.45) is 10.7 Å². The number of aliphatic imine (C=N–C) groups is 1. The smallest absolute Gasteiger partial charge is 0.363 e. The number of non-ortho nitro benzene ring substituents is 1. The Labute approximate surface area is 163 Å². The normalized spacial score (nSPS) is 14.5. The minimum absolute atomic E-state index is 0.0372. The van der Waals surface area contributed by atoms with Crippen LogP contribution in [0.1, 0.15) is 11.1 Å². The highest BCUT2D eigenvalue weighted by Crippen LogP contribution is 2.27. The Bertz CT molecular complexity index is 1030. The highest BCUT2D eigenvalue weighted by Gasteiger charge is 2.26. The molecule has 2 aromatic rings. The number of hydrogen-bond acceptors (Lipinski definition) is 7. The van der Waals surface area contributed by atoms with Crippen LogP contribution in [-0.2, 0) is 14.3 Å². The van der Waals surface area contributed by atoms with Gasteiger partial charge in [0.25, 0.3) is 11.6 Å². The number of halogens is 1. The Morgan fingerprint density at radius 1 is 1.29 bits per heavy atom. The number of cyclic esters (lactones) is 1. The molecule has 0 saturated heterocycles. The first-order valence-electron chi connectivity index (χ1n) is 7.81. The Hall–Kier alpha value is -3.72. The van der Waals surface area contributed by atoms with Gasteiger partial charge in [0.2, 0.25) is 5.90 Å². The van der Waals surface area contributed by atoms with Gasteiger partial charge >= 0.3 is 5.97 Å². The molecule has 142 valence electrons. The minimum Gasteiger partial charge on any atom is -0.484 e. The molecule has 2 aromatic carbocycles. The number of benzene rings is 2. The maximum atomic E-state index is 12.1. The molecule has 1 aliphatic heterocycles. The van der Waals surface area contributed by atoms with Gasteiger partial charge in [-0.05, 0) is 29.8 Å². The number of nitro groups is 1. The molecule has 1 heterocycles. The third kappa shape index (κ3) is 4.33. The first-order valence-corrected chi connectivity index (χ1v) is 8.19. The topological polar surface area (TPSA) is 134 Å². The number of nitro benzene ring substituents is 1. The van der Waals surface area contributed by atoms with Crippen LogP contribution in [0.25, 0.3) is 6.08 Å². The quantitative estimate of drug-likeness (QED) is 0.342. The van der Waals surface area contributed by atoms with E-state index in [0.717, 1.165) is 6.07 Å². The van der Waals surface area contributed by atoms with Crippen LogP contribution in [0.5, 0.6) is 5.75 Å². The summed E-state index contributed by atoms with van der Waals surface area (Å²) in [5.74, 6) is -0.875. The van der Waals surface area contributed by atoms with Crippen molar-refractivity contribution in [1.82, 2.24) is 0 Å². The summed E-state index contributed by atoms with van der Waals surface area (Å²) >= 11 is 6.04. The van der Waals surface area contributed by atoms with Gasteiger partial charge in [0.15, 0.2) is 12.3 Å². The fraction of sp³-hybridized carbons (Fsp3) is 0.0556. The van der Waals surface area contributed by atoms with Crippen molar-refractivity contribution in [2.45, 2.75) is 0 Å². The standard InChI is InChI=1S/C18H12ClN3O6/c19-14-8-11(22(25)26)3-6-13(14)17-21-15(18(24)28-17)7-10-1-4-12(5-2-10)27-9-16(20)23/h1-8H,9H2,(H2,20,23)/b15-7-. The highest BCUT2D eigenvalue weighted by molar-refractivity contribution is 6.34. The van der Waals surface area contributed by atoms with E-state index >= 15 is 0 Å². The second-order valence-corrected chi connectivity index (χ2v) is 5.99. The van der Waals surface area contributed by atoms with Crippen LogP contribution in [0.2, 0.25) is 5.02 Å². The van der Waals surface area contributed by atoms with E-state index in [1.165, 1.54) is 18.2 Å². The zero-order valence-electron chi connectivity index (χ0n) is 14.1. The summed E-state index contributed by atoms with van der Waals surface area (Å²) in [6.07, 6.45) is 1.49. The number of nitrogens with zero attached hydrogens (tertiary/aromatic N) is 2. The van der Waals surface area contributed by atoms with E-state index in [9.17, 15) is 19.7 Å². The monoisotopic (exact) mass is 401 g/mol. The number of ether oxygens (including phenoxy) is 2. The van der Waals surface area contributed by atoms with Gasteiger partial charge in [0, 0.05) is 12.1 Å². The number of rotatable bonds is 6.